The van der Waals surface area contributed by atoms with Crippen LogP contribution >= 0.6 is 0 Å². The summed E-state index contributed by atoms with van der Waals surface area (Å²) in [5.41, 5.74) is 5.14. The molecular formula is C15H21NO4. The van der Waals surface area contributed by atoms with Gasteiger partial charge in [-0.3, -0.25) is 4.79 Å². The van der Waals surface area contributed by atoms with Crippen molar-refractivity contribution >= 4 is 5.97 Å². The highest BCUT2D eigenvalue weighted by Gasteiger charge is 2.44. The fraction of sp³-hybridized carbons (Fsp3) is 0.533. The van der Waals surface area contributed by atoms with Gasteiger partial charge in [0.15, 0.2) is 0 Å². The molecule has 0 radical (unpaired) electrons. The van der Waals surface area contributed by atoms with Crippen LogP contribution < -0.4 is 15.2 Å². The van der Waals surface area contributed by atoms with Crippen molar-refractivity contribution in [2.45, 2.75) is 37.8 Å². The smallest absolute Gasteiger partial charge is 0.325 e. The Balaban J connectivity index is 1.98. The summed E-state index contributed by atoms with van der Waals surface area (Å²) in [6, 6.07) is 7.48. The van der Waals surface area contributed by atoms with E-state index in [1.54, 1.807) is 0 Å². The Hall–Kier alpha value is -1.75. The van der Waals surface area contributed by atoms with Gasteiger partial charge in [0.1, 0.15) is 23.1 Å². The van der Waals surface area contributed by atoms with Crippen LogP contribution in [0.15, 0.2) is 24.3 Å². The zero-order valence-electron chi connectivity index (χ0n) is 11.9. The Morgan fingerprint density at radius 2 is 2.20 bits per heavy atom. The van der Waals surface area contributed by atoms with E-state index in [1.165, 1.54) is 7.11 Å². The predicted octanol–water partition coefficient (Wildman–Crippen LogP) is 1.89. The molecule has 0 aromatic heterocycles. The third-order valence-corrected chi connectivity index (χ3v) is 3.52. The number of carbonyl (C=O) groups is 1. The van der Waals surface area contributed by atoms with E-state index in [0.29, 0.717) is 19.4 Å². The Morgan fingerprint density at radius 1 is 1.45 bits per heavy atom. The molecule has 2 unspecified atom stereocenters. The van der Waals surface area contributed by atoms with Crippen molar-refractivity contribution in [1.29, 1.82) is 0 Å². The van der Waals surface area contributed by atoms with E-state index in [0.717, 1.165) is 17.9 Å². The van der Waals surface area contributed by atoms with Gasteiger partial charge in [-0.05, 0) is 31.9 Å². The zero-order chi connectivity index (χ0) is 14.6. The standard InChI is InChI=1S/C15H21NO4/c1-3-19-11-5-4-6-12(9-11)20-13-7-8-15(16,10-13)14(17)18-2/h4-6,9,13H,3,7-8,10,16H2,1-2H3. The average molecular weight is 279 g/mol. The highest BCUT2D eigenvalue weighted by atomic mass is 16.5. The first-order chi connectivity index (χ1) is 9.57. The number of carbonyl (C=O) groups excluding carboxylic acids is 1. The van der Waals surface area contributed by atoms with Crippen molar-refractivity contribution < 1.29 is 19.0 Å². The fourth-order valence-corrected chi connectivity index (χ4v) is 2.51. The van der Waals surface area contributed by atoms with E-state index < -0.39 is 5.54 Å². The molecule has 2 rings (SSSR count). The molecule has 1 fully saturated rings. The molecule has 1 aromatic rings. The van der Waals surface area contributed by atoms with Crippen LogP contribution in [-0.4, -0.2) is 31.3 Å². The molecule has 0 saturated heterocycles. The molecule has 1 aliphatic rings. The lowest BCUT2D eigenvalue weighted by molar-refractivity contribution is -0.147. The Labute approximate surface area is 119 Å². The molecule has 0 bridgehead atoms. The number of hydrogen-bond acceptors (Lipinski definition) is 5. The minimum absolute atomic E-state index is 0.0732. The third kappa shape index (κ3) is 3.22. The highest BCUT2D eigenvalue weighted by Crippen LogP contribution is 2.32. The topological polar surface area (TPSA) is 70.8 Å². The number of esters is 1. The first-order valence-electron chi connectivity index (χ1n) is 6.84. The van der Waals surface area contributed by atoms with Crippen molar-refractivity contribution in [3.63, 3.8) is 0 Å². The molecule has 0 amide bonds. The van der Waals surface area contributed by atoms with Crippen molar-refractivity contribution in [2.24, 2.45) is 5.73 Å². The first kappa shape index (κ1) is 14.7. The van der Waals surface area contributed by atoms with E-state index in [-0.39, 0.29) is 12.1 Å². The summed E-state index contributed by atoms with van der Waals surface area (Å²) in [5, 5.41) is 0. The lowest BCUT2D eigenvalue weighted by atomic mass is 10.00. The van der Waals surface area contributed by atoms with Crippen molar-refractivity contribution in [3.05, 3.63) is 24.3 Å². The van der Waals surface area contributed by atoms with E-state index in [2.05, 4.69) is 0 Å². The van der Waals surface area contributed by atoms with Crippen molar-refractivity contribution in [1.82, 2.24) is 0 Å². The van der Waals surface area contributed by atoms with Crippen molar-refractivity contribution in [3.8, 4) is 11.5 Å². The summed E-state index contributed by atoms with van der Waals surface area (Å²) in [4.78, 5) is 11.7. The average Bonchev–Trinajstić information content (AvgIpc) is 2.81. The van der Waals surface area contributed by atoms with Crippen LogP contribution in [0.25, 0.3) is 0 Å². The van der Waals surface area contributed by atoms with Crippen LogP contribution in [-0.2, 0) is 9.53 Å². The summed E-state index contributed by atoms with van der Waals surface area (Å²) in [7, 11) is 1.36. The van der Waals surface area contributed by atoms with Gasteiger partial charge in [0, 0.05) is 12.5 Å². The molecule has 0 aliphatic heterocycles. The number of hydrogen-bond donors (Lipinski definition) is 1. The number of ether oxygens (including phenoxy) is 3. The number of rotatable bonds is 5. The summed E-state index contributed by atoms with van der Waals surface area (Å²) in [6.07, 6.45) is 1.72. The molecule has 2 atom stereocenters. The number of benzene rings is 1. The second-order valence-corrected chi connectivity index (χ2v) is 5.04. The third-order valence-electron chi connectivity index (χ3n) is 3.52. The van der Waals surface area contributed by atoms with Crippen LogP contribution in [0.3, 0.4) is 0 Å². The van der Waals surface area contributed by atoms with Gasteiger partial charge >= 0.3 is 5.97 Å². The minimum Gasteiger partial charge on any atom is -0.494 e. The molecular weight excluding hydrogens is 258 g/mol. The molecule has 5 nitrogen and oxygen atoms in total. The maximum Gasteiger partial charge on any atom is 0.325 e. The lowest BCUT2D eigenvalue weighted by Gasteiger charge is -2.21. The van der Waals surface area contributed by atoms with Crippen LogP contribution in [0.1, 0.15) is 26.2 Å². The summed E-state index contributed by atoms with van der Waals surface area (Å²) in [5.74, 6) is 1.14. The molecule has 110 valence electrons. The highest BCUT2D eigenvalue weighted by molar-refractivity contribution is 5.80. The molecule has 0 heterocycles. The largest absolute Gasteiger partial charge is 0.494 e. The first-order valence-corrected chi connectivity index (χ1v) is 6.84. The number of nitrogens with two attached hydrogens (primary N) is 1. The van der Waals surface area contributed by atoms with Crippen LogP contribution in [0.4, 0.5) is 0 Å². The molecule has 1 aromatic carbocycles. The summed E-state index contributed by atoms with van der Waals surface area (Å²) in [6.45, 7) is 2.55. The SMILES string of the molecule is CCOc1cccc(OC2CCC(N)(C(=O)OC)C2)c1. The normalized spacial score (nSPS) is 25.2. The Bertz CT molecular complexity index is 477. The second kappa shape index (κ2) is 6.13. The van der Waals surface area contributed by atoms with E-state index in [1.807, 2.05) is 31.2 Å². The van der Waals surface area contributed by atoms with Gasteiger partial charge in [0.2, 0.25) is 0 Å². The lowest BCUT2D eigenvalue weighted by Crippen LogP contribution is -2.47. The molecule has 0 spiro atoms. The maximum absolute atomic E-state index is 11.7. The second-order valence-electron chi connectivity index (χ2n) is 5.04. The van der Waals surface area contributed by atoms with Gasteiger partial charge in [-0.15, -0.1) is 0 Å². The van der Waals surface area contributed by atoms with Crippen LogP contribution in [0, 0.1) is 0 Å². The van der Waals surface area contributed by atoms with Gasteiger partial charge < -0.3 is 19.9 Å². The van der Waals surface area contributed by atoms with E-state index in [4.69, 9.17) is 19.9 Å². The molecule has 20 heavy (non-hydrogen) atoms. The van der Waals surface area contributed by atoms with E-state index in [9.17, 15) is 4.79 Å². The predicted molar refractivity (Wildman–Crippen MR) is 74.8 cm³/mol. The maximum atomic E-state index is 11.7. The van der Waals surface area contributed by atoms with Gasteiger partial charge in [-0.1, -0.05) is 6.07 Å². The Morgan fingerprint density at radius 3 is 2.90 bits per heavy atom. The van der Waals surface area contributed by atoms with Crippen molar-refractivity contribution in [2.75, 3.05) is 13.7 Å². The van der Waals surface area contributed by atoms with Gasteiger partial charge in [0.25, 0.3) is 0 Å². The summed E-state index contributed by atoms with van der Waals surface area (Å²) >= 11 is 0. The number of methoxy groups -OCH3 is 1. The molecule has 2 N–H and O–H groups in total. The molecule has 5 heteroatoms. The van der Waals surface area contributed by atoms with Gasteiger partial charge in [0.05, 0.1) is 13.7 Å². The quantitative estimate of drug-likeness (QED) is 0.833. The zero-order valence-corrected chi connectivity index (χ0v) is 11.9. The molecule has 1 aliphatic carbocycles. The molecule has 1 saturated carbocycles. The Kier molecular flexibility index (Phi) is 4.49. The van der Waals surface area contributed by atoms with Crippen LogP contribution in [0.2, 0.25) is 0 Å². The van der Waals surface area contributed by atoms with E-state index >= 15 is 0 Å². The summed E-state index contributed by atoms with van der Waals surface area (Å²) < 4.78 is 16.1. The fourth-order valence-electron chi connectivity index (χ4n) is 2.51. The van der Waals surface area contributed by atoms with Gasteiger partial charge in [-0.25, -0.2) is 0 Å². The van der Waals surface area contributed by atoms with Crippen LogP contribution in [0.5, 0.6) is 11.5 Å². The van der Waals surface area contributed by atoms with Gasteiger partial charge in [-0.2, -0.15) is 0 Å². The minimum atomic E-state index is -0.920. The monoisotopic (exact) mass is 279 g/mol.